The van der Waals surface area contributed by atoms with Crippen molar-refractivity contribution >= 4 is 24.3 Å². The van der Waals surface area contributed by atoms with Crippen molar-refractivity contribution in [1.82, 2.24) is 9.80 Å². The Labute approximate surface area is 132 Å². The van der Waals surface area contributed by atoms with Crippen LogP contribution in [0.3, 0.4) is 0 Å². The second kappa shape index (κ2) is 9.23. The summed E-state index contributed by atoms with van der Waals surface area (Å²) in [5, 5.41) is 8.95. The average Bonchev–Trinajstić information content (AvgIpc) is 2.35. The lowest BCUT2D eigenvalue weighted by molar-refractivity contribution is -0.146. The summed E-state index contributed by atoms with van der Waals surface area (Å²) in [6.45, 7) is 9.02. The zero-order valence-electron chi connectivity index (χ0n) is 13.2. The van der Waals surface area contributed by atoms with E-state index in [1.807, 2.05) is 27.7 Å². The van der Waals surface area contributed by atoms with Crippen LogP contribution >= 0.6 is 12.4 Å². The molecule has 0 bridgehead atoms. The standard InChI is InChI=1S/C14H26N2O4.ClH/c1-5-10(2)15(9-14(18)19)8-13(17)16-6-11(3)20-12(4)7-16;/h10-12H,5-9H2,1-4H3,(H,18,19);1H. The molecule has 0 aromatic heterocycles. The maximum atomic E-state index is 12.3. The monoisotopic (exact) mass is 322 g/mol. The lowest BCUT2D eigenvalue weighted by Crippen LogP contribution is -2.52. The van der Waals surface area contributed by atoms with Gasteiger partial charge in [0.25, 0.3) is 0 Å². The molecule has 7 heteroatoms. The van der Waals surface area contributed by atoms with Crippen LogP contribution in [0.2, 0.25) is 0 Å². The summed E-state index contributed by atoms with van der Waals surface area (Å²) < 4.78 is 5.60. The molecular weight excluding hydrogens is 296 g/mol. The van der Waals surface area contributed by atoms with E-state index < -0.39 is 5.97 Å². The van der Waals surface area contributed by atoms with Crippen molar-refractivity contribution in [2.45, 2.75) is 52.4 Å². The lowest BCUT2D eigenvalue weighted by atomic mass is 10.2. The fraction of sp³-hybridized carbons (Fsp3) is 0.857. The molecule has 0 saturated carbocycles. The topological polar surface area (TPSA) is 70.1 Å². The molecule has 3 unspecified atom stereocenters. The number of carboxylic acids is 1. The number of morpholine rings is 1. The molecule has 1 N–H and O–H groups in total. The molecule has 0 aromatic rings. The van der Waals surface area contributed by atoms with Gasteiger partial charge in [-0.2, -0.15) is 0 Å². The highest BCUT2D eigenvalue weighted by atomic mass is 35.5. The van der Waals surface area contributed by atoms with Crippen molar-refractivity contribution in [2.24, 2.45) is 0 Å². The maximum absolute atomic E-state index is 12.3. The predicted octanol–water partition coefficient (Wildman–Crippen LogP) is 1.23. The third-order valence-corrected chi connectivity index (χ3v) is 3.66. The molecule has 6 nitrogen and oxygen atoms in total. The Morgan fingerprint density at radius 2 is 1.81 bits per heavy atom. The van der Waals surface area contributed by atoms with Gasteiger partial charge in [0.05, 0.1) is 25.3 Å². The maximum Gasteiger partial charge on any atom is 0.317 e. The van der Waals surface area contributed by atoms with Crippen molar-refractivity contribution in [3.63, 3.8) is 0 Å². The number of carbonyl (C=O) groups is 2. The molecule has 3 atom stereocenters. The van der Waals surface area contributed by atoms with Crippen LogP contribution in [0.4, 0.5) is 0 Å². The number of ether oxygens (including phenoxy) is 1. The number of nitrogens with zero attached hydrogens (tertiary/aromatic N) is 2. The van der Waals surface area contributed by atoms with Crippen molar-refractivity contribution in [2.75, 3.05) is 26.2 Å². The predicted molar refractivity (Wildman–Crippen MR) is 82.8 cm³/mol. The fourth-order valence-corrected chi connectivity index (χ4v) is 2.45. The highest BCUT2D eigenvalue weighted by Crippen LogP contribution is 2.12. The van der Waals surface area contributed by atoms with E-state index in [2.05, 4.69) is 0 Å². The third kappa shape index (κ3) is 6.63. The van der Waals surface area contributed by atoms with Gasteiger partial charge in [-0.3, -0.25) is 14.5 Å². The Morgan fingerprint density at radius 1 is 1.29 bits per heavy atom. The van der Waals surface area contributed by atoms with E-state index in [-0.39, 0.29) is 49.7 Å². The van der Waals surface area contributed by atoms with Gasteiger partial charge in [-0.25, -0.2) is 0 Å². The van der Waals surface area contributed by atoms with Gasteiger partial charge in [-0.05, 0) is 27.2 Å². The smallest absolute Gasteiger partial charge is 0.317 e. The highest BCUT2D eigenvalue weighted by molar-refractivity contribution is 5.85. The van der Waals surface area contributed by atoms with Gasteiger partial charge in [0.1, 0.15) is 0 Å². The number of rotatable bonds is 6. The number of halogens is 1. The summed E-state index contributed by atoms with van der Waals surface area (Å²) >= 11 is 0. The van der Waals surface area contributed by atoms with E-state index in [1.165, 1.54) is 0 Å². The van der Waals surface area contributed by atoms with Crippen molar-refractivity contribution in [3.05, 3.63) is 0 Å². The first kappa shape index (κ1) is 20.1. The molecule has 0 aromatic carbocycles. The first-order valence-electron chi connectivity index (χ1n) is 7.22. The number of carboxylic acid groups (broad SMARTS) is 1. The highest BCUT2D eigenvalue weighted by Gasteiger charge is 2.28. The van der Waals surface area contributed by atoms with Gasteiger partial charge in [0, 0.05) is 19.1 Å². The second-order valence-corrected chi connectivity index (χ2v) is 5.61. The molecule has 1 fully saturated rings. The quantitative estimate of drug-likeness (QED) is 0.796. The van der Waals surface area contributed by atoms with Gasteiger partial charge >= 0.3 is 5.97 Å². The molecule has 124 valence electrons. The van der Waals surface area contributed by atoms with Crippen molar-refractivity contribution in [3.8, 4) is 0 Å². The van der Waals surface area contributed by atoms with Gasteiger partial charge in [-0.15, -0.1) is 12.4 Å². The molecule has 0 radical (unpaired) electrons. The fourth-order valence-electron chi connectivity index (χ4n) is 2.45. The van der Waals surface area contributed by atoms with E-state index in [0.717, 1.165) is 6.42 Å². The molecule has 1 saturated heterocycles. The van der Waals surface area contributed by atoms with E-state index in [0.29, 0.717) is 13.1 Å². The van der Waals surface area contributed by atoms with Crippen LogP contribution in [-0.4, -0.2) is 71.2 Å². The first-order chi connectivity index (χ1) is 9.33. The van der Waals surface area contributed by atoms with E-state index in [4.69, 9.17) is 9.84 Å². The van der Waals surface area contributed by atoms with E-state index in [1.54, 1.807) is 9.80 Å². The van der Waals surface area contributed by atoms with Gasteiger partial charge < -0.3 is 14.7 Å². The van der Waals surface area contributed by atoms with Gasteiger partial charge in [0.15, 0.2) is 0 Å². The van der Waals surface area contributed by atoms with Crippen LogP contribution in [-0.2, 0) is 14.3 Å². The number of hydrogen-bond donors (Lipinski definition) is 1. The third-order valence-electron chi connectivity index (χ3n) is 3.66. The van der Waals surface area contributed by atoms with E-state index in [9.17, 15) is 9.59 Å². The largest absolute Gasteiger partial charge is 0.480 e. The SMILES string of the molecule is CCC(C)N(CC(=O)O)CC(=O)N1CC(C)OC(C)C1.Cl. The van der Waals surface area contributed by atoms with E-state index >= 15 is 0 Å². The minimum Gasteiger partial charge on any atom is -0.480 e. The second-order valence-electron chi connectivity index (χ2n) is 5.61. The Kier molecular flexibility index (Phi) is 8.85. The molecular formula is C14H27ClN2O4. The van der Waals surface area contributed by atoms with Gasteiger partial charge in [0.2, 0.25) is 5.91 Å². The van der Waals surface area contributed by atoms with Crippen LogP contribution in [0.1, 0.15) is 34.1 Å². The molecule has 1 aliphatic rings. The summed E-state index contributed by atoms with van der Waals surface area (Å²) in [6.07, 6.45) is 0.870. The number of hydrogen-bond acceptors (Lipinski definition) is 4. The summed E-state index contributed by atoms with van der Waals surface area (Å²) in [5.74, 6) is -0.921. The Hall–Kier alpha value is -0.850. The summed E-state index contributed by atoms with van der Waals surface area (Å²) in [6, 6.07) is 0.0749. The summed E-state index contributed by atoms with van der Waals surface area (Å²) in [5.41, 5.74) is 0. The zero-order valence-corrected chi connectivity index (χ0v) is 14.1. The molecule has 0 aliphatic carbocycles. The molecule has 1 amide bonds. The molecule has 1 aliphatic heterocycles. The summed E-state index contributed by atoms with van der Waals surface area (Å²) in [7, 11) is 0. The number of aliphatic carboxylic acids is 1. The lowest BCUT2D eigenvalue weighted by Gasteiger charge is -2.37. The van der Waals surface area contributed by atoms with Crippen molar-refractivity contribution in [1.29, 1.82) is 0 Å². The van der Waals surface area contributed by atoms with Crippen LogP contribution < -0.4 is 0 Å². The minimum absolute atomic E-state index is 0. The van der Waals surface area contributed by atoms with Crippen LogP contribution in [0, 0.1) is 0 Å². The van der Waals surface area contributed by atoms with Crippen LogP contribution in [0.15, 0.2) is 0 Å². The number of carbonyl (C=O) groups excluding carboxylic acids is 1. The molecule has 1 rings (SSSR count). The molecule has 1 heterocycles. The molecule has 21 heavy (non-hydrogen) atoms. The first-order valence-corrected chi connectivity index (χ1v) is 7.22. The Morgan fingerprint density at radius 3 is 2.24 bits per heavy atom. The van der Waals surface area contributed by atoms with Crippen molar-refractivity contribution < 1.29 is 19.4 Å². The summed E-state index contributed by atoms with van der Waals surface area (Å²) in [4.78, 5) is 26.7. The average molecular weight is 323 g/mol. The normalized spacial score (nSPS) is 23.6. The van der Waals surface area contributed by atoms with Crippen LogP contribution in [0.25, 0.3) is 0 Å². The zero-order chi connectivity index (χ0) is 15.3. The van der Waals surface area contributed by atoms with Gasteiger partial charge in [-0.1, -0.05) is 6.92 Å². The Bertz CT molecular complexity index is 344. The Balaban J connectivity index is 0.00000400. The number of amides is 1. The molecule has 0 spiro atoms. The van der Waals surface area contributed by atoms with Crippen LogP contribution in [0.5, 0.6) is 0 Å². The minimum atomic E-state index is -0.901.